The molecule has 1 amide bonds. The van der Waals surface area contributed by atoms with Gasteiger partial charge in [-0.05, 0) is 48.5 Å². The second-order valence-corrected chi connectivity index (χ2v) is 8.76. The molecule has 27 heavy (non-hydrogen) atoms. The number of phenols is 1. The summed E-state index contributed by atoms with van der Waals surface area (Å²) in [5.74, 6) is 0.126. The molecule has 0 atom stereocenters. The van der Waals surface area contributed by atoms with E-state index in [-0.39, 0.29) is 16.6 Å². The highest BCUT2D eigenvalue weighted by molar-refractivity contribution is 7.89. The maximum Gasteiger partial charge on any atom is 0.253 e. The van der Waals surface area contributed by atoms with Crippen molar-refractivity contribution in [1.82, 2.24) is 9.21 Å². The lowest BCUT2D eigenvalue weighted by Crippen LogP contribution is -2.48. The third kappa shape index (κ3) is 4.06. The first-order valence-corrected chi connectivity index (χ1v) is 10.1. The highest BCUT2D eigenvalue weighted by Gasteiger charge is 2.23. The van der Waals surface area contributed by atoms with Gasteiger partial charge in [0.15, 0.2) is 0 Å². The lowest BCUT2D eigenvalue weighted by Gasteiger charge is -2.36. The Morgan fingerprint density at radius 1 is 0.926 bits per heavy atom. The van der Waals surface area contributed by atoms with Gasteiger partial charge >= 0.3 is 0 Å². The van der Waals surface area contributed by atoms with Crippen molar-refractivity contribution in [2.75, 3.05) is 45.2 Å². The topological polar surface area (TPSA) is 81.2 Å². The number of aromatic hydroxyl groups is 1. The van der Waals surface area contributed by atoms with E-state index in [0.29, 0.717) is 31.7 Å². The van der Waals surface area contributed by atoms with E-state index in [1.165, 1.54) is 26.2 Å². The fourth-order valence-electron chi connectivity index (χ4n) is 2.99. The number of rotatable bonds is 4. The monoisotopic (exact) mass is 389 g/mol. The van der Waals surface area contributed by atoms with Crippen LogP contribution >= 0.6 is 0 Å². The number of hydrogen-bond acceptors (Lipinski definition) is 5. The molecule has 1 saturated heterocycles. The van der Waals surface area contributed by atoms with E-state index in [0.717, 1.165) is 9.99 Å². The molecule has 7 nitrogen and oxygen atoms in total. The molecule has 0 unspecified atom stereocenters. The quantitative estimate of drug-likeness (QED) is 0.859. The Labute approximate surface area is 159 Å². The van der Waals surface area contributed by atoms with Gasteiger partial charge in [0.05, 0.1) is 4.90 Å². The molecule has 0 aliphatic carbocycles. The molecule has 0 aromatic heterocycles. The van der Waals surface area contributed by atoms with Crippen LogP contribution in [0.1, 0.15) is 10.4 Å². The van der Waals surface area contributed by atoms with E-state index < -0.39 is 10.0 Å². The van der Waals surface area contributed by atoms with Crippen LogP contribution in [0.2, 0.25) is 0 Å². The average Bonchev–Trinajstić information content (AvgIpc) is 2.68. The Bertz CT molecular complexity index is 901. The molecule has 8 heteroatoms. The van der Waals surface area contributed by atoms with Crippen molar-refractivity contribution in [3.8, 4) is 5.75 Å². The molecule has 3 rings (SSSR count). The molecule has 1 N–H and O–H groups in total. The molecule has 0 bridgehead atoms. The highest BCUT2D eigenvalue weighted by atomic mass is 32.2. The summed E-state index contributed by atoms with van der Waals surface area (Å²) >= 11 is 0. The van der Waals surface area contributed by atoms with Gasteiger partial charge in [0.2, 0.25) is 10.0 Å². The summed E-state index contributed by atoms with van der Waals surface area (Å²) in [5, 5.41) is 9.38. The van der Waals surface area contributed by atoms with Gasteiger partial charge in [0.1, 0.15) is 5.75 Å². The van der Waals surface area contributed by atoms with E-state index >= 15 is 0 Å². The normalized spacial score (nSPS) is 15.2. The Morgan fingerprint density at radius 3 is 2.00 bits per heavy atom. The standard InChI is InChI=1S/C19H23N3O4S/c1-20(2)27(25,26)18-9-3-15(4-10-18)19(24)22-13-11-21(12-14-22)16-5-7-17(23)8-6-16/h3-10,23H,11-14H2,1-2H3. The Balaban J connectivity index is 1.65. The van der Waals surface area contributed by atoms with Crippen LogP contribution in [-0.2, 0) is 10.0 Å². The zero-order valence-corrected chi connectivity index (χ0v) is 16.2. The number of benzene rings is 2. The van der Waals surface area contributed by atoms with Crippen LogP contribution in [0.3, 0.4) is 0 Å². The van der Waals surface area contributed by atoms with Gasteiger partial charge in [0, 0.05) is 51.5 Å². The lowest BCUT2D eigenvalue weighted by atomic mass is 10.1. The Kier molecular flexibility index (Phi) is 5.38. The second kappa shape index (κ2) is 7.58. The summed E-state index contributed by atoms with van der Waals surface area (Å²) in [6.45, 7) is 2.56. The van der Waals surface area contributed by atoms with Crippen LogP contribution in [0.25, 0.3) is 0 Å². The third-order valence-corrected chi connectivity index (χ3v) is 6.49. The van der Waals surface area contributed by atoms with Crippen molar-refractivity contribution in [2.45, 2.75) is 4.90 Å². The number of anilines is 1. The molecule has 144 valence electrons. The van der Waals surface area contributed by atoms with Gasteiger partial charge in [0.25, 0.3) is 5.91 Å². The minimum Gasteiger partial charge on any atom is -0.508 e. The summed E-state index contributed by atoms with van der Waals surface area (Å²) in [6.07, 6.45) is 0. The number of piperazine rings is 1. The second-order valence-electron chi connectivity index (χ2n) is 6.61. The molecular formula is C19H23N3O4S. The average molecular weight is 389 g/mol. The van der Waals surface area contributed by atoms with Crippen molar-refractivity contribution >= 4 is 21.6 Å². The maximum absolute atomic E-state index is 12.7. The summed E-state index contributed by atoms with van der Waals surface area (Å²) < 4.78 is 25.4. The van der Waals surface area contributed by atoms with Crippen molar-refractivity contribution < 1.29 is 18.3 Å². The van der Waals surface area contributed by atoms with E-state index in [2.05, 4.69) is 4.90 Å². The first kappa shape index (κ1) is 19.2. The van der Waals surface area contributed by atoms with Gasteiger partial charge in [-0.1, -0.05) is 0 Å². The van der Waals surface area contributed by atoms with Gasteiger partial charge in [-0.15, -0.1) is 0 Å². The zero-order valence-electron chi connectivity index (χ0n) is 15.4. The van der Waals surface area contributed by atoms with E-state index in [4.69, 9.17) is 0 Å². The molecule has 2 aromatic rings. The minimum atomic E-state index is -3.50. The van der Waals surface area contributed by atoms with Crippen molar-refractivity contribution in [3.05, 3.63) is 54.1 Å². The molecular weight excluding hydrogens is 366 g/mol. The first-order valence-electron chi connectivity index (χ1n) is 8.65. The highest BCUT2D eigenvalue weighted by Crippen LogP contribution is 2.21. The van der Waals surface area contributed by atoms with E-state index in [1.54, 1.807) is 29.2 Å². The molecule has 1 aliphatic heterocycles. The summed E-state index contributed by atoms with van der Waals surface area (Å²) in [6, 6.07) is 13.1. The summed E-state index contributed by atoms with van der Waals surface area (Å²) in [5.41, 5.74) is 1.49. The summed E-state index contributed by atoms with van der Waals surface area (Å²) in [4.78, 5) is 16.8. The molecule has 0 saturated carbocycles. The largest absolute Gasteiger partial charge is 0.508 e. The number of carbonyl (C=O) groups is 1. The number of sulfonamides is 1. The van der Waals surface area contributed by atoms with Crippen molar-refractivity contribution in [2.24, 2.45) is 0 Å². The number of hydrogen-bond donors (Lipinski definition) is 1. The van der Waals surface area contributed by atoms with Crippen LogP contribution in [0.15, 0.2) is 53.4 Å². The zero-order chi connectivity index (χ0) is 19.6. The van der Waals surface area contributed by atoms with Gasteiger partial charge in [-0.3, -0.25) is 4.79 Å². The maximum atomic E-state index is 12.7. The van der Waals surface area contributed by atoms with Crippen LogP contribution in [0, 0.1) is 0 Å². The van der Waals surface area contributed by atoms with E-state index in [9.17, 15) is 18.3 Å². The van der Waals surface area contributed by atoms with Crippen molar-refractivity contribution in [3.63, 3.8) is 0 Å². The van der Waals surface area contributed by atoms with Crippen molar-refractivity contribution in [1.29, 1.82) is 0 Å². The molecule has 0 spiro atoms. The van der Waals surface area contributed by atoms with Crippen LogP contribution in [0.5, 0.6) is 5.75 Å². The Hall–Kier alpha value is -2.58. The van der Waals surface area contributed by atoms with Gasteiger partial charge in [-0.2, -0.15) is 0 Å². The minimum absolute atomic E-state index is 0.103. The Morgan fingerprint density at radius 2 is 1.48 bits per heavy atom. The van der Waals surface area contributed by atoms with Gasteiger partial charge < -0.3 is 14.9 Å². The SMILES string of the molecule is CN(C)S(=O)(=O)c1ccc(C(=O)N2CCN(c3ccc(O)cc3)CC2)cc1. The van der Waals surface area contributed by atoms with Crippen LogP contribution < -0.4 is 4.90 Å². The summed E-state index contributed by atoms with van der Waals surface area (Å²) in [7, 11) is -0.553. The number of carbonyl (C=O) groups excluding carboxylic acids is 1. The number of nitrogens with zero attached hydrogens (tertiary/aromatic N) is 3. The first-order chi connectivity index (χ1) is 12.8. The predicted molar refractivity (Wildman–Crippen MR) is 104 cm³/mol. The van der Waals surface area contributed by atoms with E-state index in [1.807, 2.05) is 12.1 Å². The smallest absolute Gasteiger partial charge is 0.253 e. The fourth-order valence-corrected chi connectivity index (χ4v) is 3.90. The van der Waals surface area contributed by atoms with Crippen LogP contribution in [0.4, 0.5) is 5.69 Å². The molecule has 2 aromatic carbocycles. The molecule has 1 fully saturated rings. The number of amides is 1. The molecule has 1 heterocycles. The third-order valence-electron chi connectivity index (χ3n) is 4.66. The molecule has 0 radical (unpaired) electrons. The lowest BCUT2D eigenvalue weighted by molar-refractivity contribution is 0.0746. The van der Waals surface area contributed by atoms with Crippen LogP contribution in [-0.4, -0.2) is 68.9 Å². The fraction of sp³-hybridized carbons (Fsp3) is 0.316. The predicted octanol–water partition coefficient (Wildman–Crippen LogP) is 1.60. The molecule has 1 aliphatic rings. The number of phenolic OH excluding ortho intramolecular Hbond substituents is 1. The van der Waals surface area contributed by atoms with Gasteiger partial charge in [-0.25, -0.2) is 12.7 Å².